The lowest BCUT2D eigenvalue weighted by Crippen LogP contribution is -2.45. The molecule has 0 aromatic rings. The van der Waals surface area contributed by atoms with Crippen LogP contribution in [0.1, 0.15) is 26.2 Å². The Morgan fingerprint density at radius 1 is 1.53 bits per heavy atom. The van der Waals surface area contributed by atoms with Crippen LogP contribution in [0.25, 0.3) is 0 Å². The molecule has 0 aliphatic carbocycles. The Morgan fingerprint density at radius 3 is 2.87 bits per heavy atom. The van der Waals surface area contributed by atoms with Gasteiger partial charge in [0.15, 0.2) is 0 Å². The zero-order valence-electron chi connectivity index (χ0n) is 9.28. The molecule has 1 fully saturated rings. The van der Waals surface area contributed by atoms with Crippen LogP contribution in [0, 0.1) is 5.92 Å². The van der Waals surface area contributed by atoms with Crippen molar-refractivity contribution in [2.24, 2.45) is 11.7 Å². The average molecular weight is 235 g/mol. The zero-order chi connectivity index (χ0) is 11.3. The van der Waals surface area contributed by atoms with Crippen LogP contribution in [0.4, 0.5) is 0 Å². The molecule has 5 nitrogen and oxygen atoms in total. The highest BCUT2D eigenvalue weighted by Gasteiger charge is 2.26. The molecule has 1 rings (SSSR count). The summed E-state index contributed by atoms with van der Waals surface area (Å²) in [5.74, 6) is 0.463. The van der Waals surface area contributed by atoms with Crippen molar-refractivity contribution in [2.45, 2.75) is 26.2 Å². The number of hydrogen-bond acceptors (Lipinski definition) is 3. The minimum absolute atomic E-state index is 0.434. The highest BCUT2D eigenvalue weighted by molar-refractivity contribution is 7.87. The first-order valence-corrected chi connectivity index (χ1v) is 6.95. The molecular weight excluding hydrogens is 214 g/mol. The Hall–Kier alpha value is -0.170. The largest absolute Gasteiger partial charge is 0.330 e. The van der Waals surface area contributed by atoms with Crippen molar-refractivity contribution in [2.75, 3.05) is 26.2 Å². The van der Waals surface area contributed by atoms with E-state index in [-0.39, 0.29) is 0 Å². The summed E-state index contributed by atoms with van der Waals surface area (Å²) >= 11 is 0. The quantitative estimate of drug-likeness (QED) is 0.654. The van der Waals surface area contributed by atoms with E-state index in [2.05, 4.69) is 11.6 Å². The smallest absolute Gasteiger partial charge is 0.279 e. The lowest BCUT2D eigenvalue weighted by atomic mass is 10.0. The zero-order valence-corrected chi connectivity index (χ0v) is 10.1. The maximum absolute atomic E-state index is 11.8. The molecule has 0 spiro atoms. The Morgan fingerprint density at radius 2 is 2.27 bits per heavy atom. The molecular formula is C9H21N3O2S. The minimum Gasteiger partial charge on any atom is -0.330 e. The molecule has 1 aliphatic rings. The van der Waals surface area contributed by atoms with Gasteiger partial charge in [-0.15, -0.1) is 0 Å². The van der Waals surface area contributed by atoms with Gasteiger partial charge >= 0.3 is 0 Å². The van der Waals surface area contributed by atoms with Gasteiger partial charge in [0.2, 0.25) is 0 Å². The van der Waals surface area contributed by atoms with Crippen molar-refractivity contribution >= 4 is 10.2 Å². The third-order valence-electron chi connectivity index (χ3n) is 2.63. The maximum atomic E-state index is 11.8. The number of nitrogens with two attached hydrogens (primary N) is 1. The predicted molar refractivity (Wildman–Crippen MR) is 60.6 cm³/mol. The summed E-state index contributed by atoms with van der Waals surface area (Å²) in [5.41, 5.74) is 5.31. The van der Waals surface area contributed by atoms with Gasteiger partial charge in [0.05, 0.1) is 0 Å². The summed E-state index contributed by atoms with van der Waals surface area (Å²) in [5, 5.41) is 0. The Labute approximate surface area is 92.2 Å². The molecule has 0 aromatic heterocycles. The first-order valence-electron chi connectivity index (χ1n) is 5.51. The lowest BCUT2D eigenvalue weighted by Gasteiger charge is -2.29. The minimum atomic E-state index is -3.26. The van der Waals surface area contributed by atoms with Crippen LogP contribution in [-0.2, 0) is 10.2 Å². The van der Waals surface area contributed by atoms with Crippen molar-refractivity contribution in [3.8, 4) is 0 Å². The van der Waals surface area contributed by atoms with Crippen LogP contribution in [0.15, 0.2) is 0 Å². The topological polar surface area (TPSA) is 75.4 Å². The molecule has 6 heteroatoms. The van der Waals surface area contributed by atoms with Gasteiger partial charge in [-0.05, 0) is 31.7 Å². The molecule has 1 heterocycles. The highest BCUT2D eigenvalue weighted by Crippen LogP contribution is 2.17. The van der Waals surface area contributed by atoms with Crippen molar-refractivity contribution in [1.82, 2.24) is 9.03 Å². The third kappa shape index (κ3) is 4.06. The SMILES string of the molecule is CC1CCCN(S(=O)(=O)NCCCN)C1. The lowest BCUT2D eigenvalue weighted by molar-refractivity contribution is 0.278. The van der Waals surface area contributed by atoms with E-state index >= 15 is 0 Å². The average Bonchev–Trinajstić information content (AvgIpc) is 2.18. The number of piperidine rings is 1. The van der Waals surface area contributed by atoms with Crippen LogP contribution in [0.2, 0.25) is 0 Å². The van der Waals surface area contributed by atoms with Crippen LogP contribution >= 0.6 is 0 Å². The molecule has 0 saturated carbocycles. The second-order valence-electron chi connectivity index (χ2n) is 4.15. The first-order chi connectivity index (χ1) is 7.06. The van der Waals surface area contributed by atoms with Gasteiger partial charge in [-0.25, -0.2) is 4.72 Å². The Balaban J connectivity index is 2.45. The van der Waals surface area contributed by atoms with Crippen molar-refractivity contribution in [1.29, 1.82) is 0 Å². The fourth-order valence-electron chi connectivity index (χ4n) is 1.76. The van der Waals surface area contributed by atoms with Gasteiger partial charge < -0.3 is 5.73 Å². The monoisotopic (exact) mass is 235 g/mol. The third-order valence-corrected chi connectivity index (χ3v) is 4.21. The Kier molecular flexibility index (Phi) is 4.98. The van der Waals surface area contributed by atoms with Gasteiger partial charge in [-0.3, -0.25) is 0 Å². The van der Waals surface area contributed by atoms with E-state index in [1.165, 1.54) is 4.31 Å². The summed E-state index contributed by atoms with van der Waals surface area (Å²) < 4.78 is 27.7. The van der Waals surface area contributed by atoms with Crippen LogP contribution in [-0.4, -0.2) is 38.9 Å². The second-order valence-corrected chi connectivity index (χ2v) is 5.90. The van der Waals surface area contributed by atoms with Crippen molar-refractivity contribution < 1.29 is 8.42 Å². The van der Waals surface area contributed by atoms with Gasteiger partial charge in [-0.2, -0.15) is 12.7 Å². The van der Waals surface area contributed by atoms with E-state index < -0.39 is 10.2 Å². The standard InChI is InChI=1S/C9H21N3O2S/c1-9-4-2-7-12(8-9)15(13,14)11-6-3-5-10/h9,11H,2-8,10H2,1H3. The second kappa shape index (κ2) is 5.79. The molecule has 3 N–H and O–H groups in total. The number of nitrogens with one attached hydrogen (secondary N) is 1. The molecule has 0 bridgehead atoms. The van der Waals surface area contributed by atoms with Gasteiger partial charge in [0.1, 0.15) is 0 Å². The fourth-order valence-corrected chi connectivity index (χ4v) is 3.16. The molecule has 15 heavy (non-hydrogen) atoms. The summed E-state index contributed by atoms with van der Waals surface area (Å²) in [6.45, 7) is 4.31. The van der Waals surface area contributed by atoms with Gasteiger partial charge in [0, 0.05) is 19.6 Å². The summed E-state index contributed by atoms with van der Waals surface area (Å²) in [6.07, 6.45) is 2.76. The number of nitrogens with zero attached hydrogens (tertiary/aromatic N) is 1. The van der Waals surface area contributed by atoms with E-state index in [0.717, 1.165) is 12.8 Å². The molecule has 1 saturated heterocycles. The molecule has 1 unspecified atom stereocenters. The van der Waals surface area contributed by atoms with Crippen LogP contribution < -0.4 is 10.5 Å². The molecule has 1 atom stereocenters. The predicted octanol–water partition coefficient (Wildman–Crippen LogP) is -0.0985. The summed E-state index contributed by atoms with van der Waals surface area (Å²) in [6, 6.07) is 0. The molecule has 0 aromatic carbocycles. The first kappa shape index (κ1) is 12.9. The van der Waals surface area contributed by atoms with E-state index in [1.54, 1.807) is 0 Å². The van der Waals surface area contributed by atoms with E-state index in [1.807, 2.05) is 0 Å². The number of hydrogen-bond donors (Lipinski definition) is 2. The fraction of sp³-hybridized carbons (Fsp3) is 1.00. The molecule has 0 radical (unpaired) electrons. The van der Waals surface area contributed by atoms with E-state index in [9.17, 15) is 8.42 Å². The summed E-state index contributed by atoms with van der Waals surface area (Å²) in [7, 11) is -3.26. The van der Waals surface area contributed by atoms with E-state index in [4.69, 9.17) is 5.73 Å². The van der Waals surface area contributed by atoms with Gasteiger partial charge in [0.25, 0.3) is 10.2 Å². The van der Waals surface area contributed by atoms with E-state index in [0.29, 0.717) is 38.5 Å². The van der Waals surface area contributed by atoms with Crippen molar-refractivity contribution in [3.05, 3.63) is 0 Å². The summed E-state index contributed by atoms with van der Waals surface area (Å²) in [4.78, 5) is 0. The molecule has 1 aliphatic heterocycles. The van der Waals surface area contributed by atoms with Gasteiger partial charge in [-0.1, -0.05) is 6.92 Å². The molecule has 90 valence electrons. The number of rotatable bonds is 5. The van der Waals surface area contributed by atoms with Crippen LogP contribution in [0.5, 0.6) is 0 Å². The Bertz CT molecular complexity index is 279. The van der Waals surface area contributed by atoms with Crippen molar-refractivity contribution in [3.63, 3.8) is 0 Å². The molecule has 0 amide bonds. The highest BCUT2D eigenvalue weighted by atomic mass is 32.2. The normalized spacial score (nSPS) is 24.3. The maximum Gasteiger partial charge on any atom is 0.279 e. The van der Waals surface area contributed by atoms with Crippen LogP contribution in [0.3, 0.4) is 0 Å².